The zero-order valence-corrected chi connectivity index (χ0v) is 10.1. The number of hydrogen-bond donors (Lipinski definition) is 3. The minimum Gasteiger partial charge on any atom is -0.480 e. The molecule has 3 aliphatic rings. The minimum atomic E-state index is -0.901. The largest absolute Gasteiger partial charge is 0.480 e. The van der Waals surface area contributed by atoms with Crippen LogP contribution < -0.4 is 11.1 Å². The van der Waals surface area contributed by atoms with Crippen molar-refractivity contribution in [1.82, 2.24) is 10.2 Å². The van der Waals surface area contributed by atoms with Gasteiger partial charge < -0.3 is 21.1 Å². The third-order valence-electron chi connectivity index (χ3n) is 3.94. The van der Waals surface area contributed by atoms with Gasteiger partial charge in [-0.25, -0.2) is 4.79 Å². The fraction of sp³-hybridized carbons (Fsp3) is 0.800. The van der Waals surface area contributed by atoms with Crippen molar-refractivity contribution in [3.63, 3.8) is 0 Å². The highest BCUT2D eigenvalue weighted by molar-refractivity contribution is 8.01. The average Bonchev–Trinajstić information content (AvgIpc) is 2.62. The Balaban J connectivity index is 1.94. The Labute approximate surface area is 103 Å². The molecule has 94 valence electrons. The zero-order chi connectivity index (χ0) is 12.2. The van der Waals surface area contributed by atoms with E-state index in [2.05, 4.69) is 5.32 Å². The molecule has 3 heterocycles. The maximum atomic E-state index is 11.7. The van der Waals surface area contributed by atoms with Crippen LogP contribution in [0.5, 0.6) is 0 Å². The van der Waals surface area contributed by atoms with Gasteiger partial charge in [0.15, 0.2) is 0 Å². The topological polar surface area (TPSA) is 95.7 Å². The number of aliphatic carboxylic acids is 1. The van der Waals surface area contributed by atoms with Crippen molar-refractivity contribution >= 4 is 23.6 Å². The van der Waals surface area contributed by atoms with Crippen molar-refractivity contribution in [3.05, 3.63) is 0 Å². The molecular weight excluding hydrogens is 242 g/mol. The van der Waals surface area contributed by atoms with Gasteiger partial charge >= 0.3 is 5.97 Å². The number of carbonyl (C=O) groups is 2. The highest BCUT2D eigenvalue weighted by atomic mass is 32.2. The first-order chi connectivity index (χ1) is 8.07. The van der Waals surface area contributed by atoms with E-state index in [1.165, 1.54) is 4.90 Å². The lowest BCUT2D eigenvalue weighted by molar-refractivity contribution is -0.159. The molecule has 0 saturated carbocycles. The normalized spacial score (nSPS) is 39.0. The molecule has 0 radical (unpaired) electrons. The molecule has 3 atom stereocenters. The van der Waals surface area contributed by atoms with Gasteiger partial charge in [-0.15, -0.1) is 11.8 Å². The van der Waals surface area contributed by atoms with E-state index in [1.54, 1.807) is 11.8 Å². The van der Waals surface area contributed by atoms with Crippen LogP contribution in [0.4, 0.5) is 0 Å². The lowest BCUT2D eigenvalue weighted by Crippen LogP contribution is -2.69. The number of β-lactam (4-membered cyclic amide) rings is 1. The van der Waals surface area contributed by atoms with Gasteiger partial charge in [-0.05, 0) is 25.9 Å². The molecule has 0 aromatic heterocycles. The summed E-state index contributed by atoms with van der Waals surface area (Å²) in [5.41, 5.74) is 5.74. The van der Waals surface area contributed by atoms with Gasteiger partial charge in [0.2, 0.25) is 5.91 Å². The molecule has 4 N–H and O–H groups in total. The quantitative estimate of drug-likeness (QED) is 0.511. The second-order valence-corrected chi connectivity index (χ2v) is 6.37. The number of amides is 1. The van der Waals surface area contributed by atoms with Crippen LogP contribution in [0, 0.1) is 0 Å². The molecule has 2 unspecified atom stereocenters. The van der Waals surface area contributed by atoms with Crippen LogP contribution in [0.15, 0.2) is 0 Å². The van der Waals surface area contributed by atoms with Gasteiger partial charge in [-0.2, -0.15) is 0 Å². The van der Waals surface area contributed by atoms with E-state index in [0.717, 1.165) is 25.9 Å². The Morgan fingerprint density at radius 3 is 2.76 bits per heavy atom. The van der Waals surface area contributed by atoms with Crippen molar-refractivity contribution < 1.29 is 14.7 Å². The van der Waals surface area contributed by atoms with Crippen LogP contribution in [0.25, 0.3) is 0 Å². The van der Waals surface area contributed by atoms with Crippen LogP contribution in [-0.4, -0.2) is 57.2 Å². The second kappa shape index (κ2) is 3.60. The molecule has 0 aromatic rings. The summed E-state index contributed by atoms with van der Waals surface area (Å²) in [5, 5.41) is 12.5. The minimum absolute atomic E-state index is 0.137. The number of rotatable bonds is 1. The second-order valence-electron chi connectivity index (χ2n) is 4.84. The Kier molecular flexibility index (Phi) is 2.39. The van der Waals surface area contributed by atoms with Gasteiger partial charge in [0.25, 0.3) is 0 Å². The fourth-order valence-electron chi connectivity index (χ4n) is 3.06. The highest BCUT2D eigenvalue weighted by Crippen LogP contribution is 2.54. The molecule has 0 aromatic carbocycles. The lowest BCUT2D eigenvalue weighted by Gasteiger charge is -2.42. The Morgan fingerprint density at radius 2 is 2.18 bits per heavy atom. The van der Waals surface area contributed by atoms with Crippen LogP contribution >= 0.6 is 11.8 Å². The Morgan fingerprint density at radius 1 is 1.53 bits per heavy atom. The number of nitrogens with zero attached hydrogens (tertiary/aromatic N) is 1. The van der Waals surface area contributed by atoms with E-state index in [1.807, 2.05) is 0 Å². The van der Waals surface area contributed by atoms with Crippen LogP contribution in [-0.2, 0) is 9.59 Å². The summed E-state index contributed by atoms with van der Waals surface area (Å²) in [6, 6.07) is -1.22. The van der Waals surface area contributed by atoms with Gasteiger partial charge in [-0.3, -0.25) is 4.79 Å². The van der Waals surface area contributed by atoms with Gasteiger partial charge in [-0.1, -0.05) is 0 Å². The number of carboxylic acids is 1. The van der Waals surface area contributed by atoms with Gasteiger partial charge in [0.05, 0.1) is 4.75 Å². The molecule has 1 amide bonds. The maximum Gasteiger partial charge on any atom is 0.327 e. The standard InChI is InChI=1S/C10H15N3O3S/c11-5-7(14)13-6(9(15)16)10(17-8(5)13)1-3-12-4-2-10/h5-6,8,12H,1-4,11H2,(H,15,16)/t5?,6?,8-/m1/s1. The first-order valence-corrected chi connectivity index (χ1v) is 6.64. The number of thioether (sulfide) groups is 1. The van der Waals surface area contributed by atoms with Crippen LogP contribution in [0.3, 0.4) is 0 Å². The fourth-order valence-corrected chi connectivity index (χ4v) is 4.92. The predicted octanol–water partition coefficient (Wildman–Crippen LogP) is -1.20. The van der Waals surface area contributed by atoms with E-state index >= 15 is 0 Å². The summed E-state index contributed by atoms with van der Waals surface area (Å²) in [6.45, 7) is 1.61. The third kappa shape index (κ3) is 1.36. The number of hydrogen-bond acceptors (Lipinski definition) is 5. The molecule has 6 nitrogen and oxygen atoms in total. The summed E-state index contributed by atoms with van der Waals surface area (Å²) < 4.78 is -0.342. The van der Waals surface area contributed by atoms with E-state index in [-0.39, 0.29) is 16.0 Å². The van der Waals surface area contributed by atoms with Crippen molar-refractivity contribution in [2.75, 3.05) is 13.1 Å². The molecule has 17 heavy (non-hydrogen) atoms. The molecule has 0 aliphatic carbocycles. The molecule has 3 rings (SSSR count). The van der Waals surface area contributed by atoms with Crippen LogP contribution in [0.1, 0.15) is 12.8 Å². The molecule has 0 bridgehead atoms. The first-order valence-electron chi connectivity index (χ1n) is 5.76. The number of carbonyl (C=O) groups excluding carboxylic acids is 1. The van der Waals surface area contributed by atoms with E-state index in [0.29, 0.717) is 0 Å². The third-order valence-corrected chi connectivity index (χ3v) is 5.80. The summed E-state index contributed by atoms with van der Waals surface area (Å²) in [4.78, 5) is 24.6. The molecule has 3 aliphatic heterocycles. The summed E-state index contributed by atoms with van der Waals surface area (Å²) >= 11 is 1.59. The number of nitrogens with one attached hydrogen (secondary N) is 1. The number of piperidine rings is 1. The number of fused-ring (bicyclic) bond motifs is 1. The number of carboxylic acid groups (broad SMARTS) is 1. The van der Waals surface area contributed by atoms with Crippen molar-refractivity contribution in [2.45, 2.75) is 35.0 Å². The molecule has 3 saturated heterocycles. The lowest BCUT2D eigenvalue weighted by atomic mass is 9.86. The highest BCUT2D eigenvalue weighted by Gasteiger charge is 2.65. The smallest absolute Gasteiger partial charge is 0.327 e. The Bertz CT molecular complexity index is 383. The summed E-state index contributed by atoms with van der Waals surface area (Å²) in [5.74, 6) is -1.12. The van der Waals surface area contributed by atoms with E-state index in [4.69, 9.17) is 5.73 Å². The summed E-state index contributed by atoms with van der Waals surface area (Å²) in [6.07, 6.45) is 1.56. The predicted molar refractivity (Wildman–Crippen MR) is 62.5 cm³/mol. The van der Waals surface area contributed by atoms with Gasteiger partial charge in [0.1, 0.15) is 17.5 Å². The van der Waals surface area contributed by atoms with Crippen LogP contribution in [0.2, 0.25) is 0 Å². The monoisotopic (exact) mass is 257 g/mol. The first kappa shape index (κ1) is 11.3. The van der Waals surface area contributed by atoms with E-state index in [9.17, 15) is 14.7 Å². The zero-order valence-electron chi connectivity index (χ0n) is 9.26. The van der Waals surface area contributed by atoms with Crippen molar-refractivity contribution in [2.24, 2.45) is 5.73 Å². The SMILES string of the molecule is NC1C(=O)N2C(C(=O)O)C3(CCNCC3)S[C@H]12. The maximum absolute atomic E-state index is 11.7. The average molecular weight is 257 g/mol. The molecule has 7 heteroatoms. The summed E-state index contributed by atoms with van der Waals surface area (Å²) in [7, 11) is 0. The molecule has 3 fully saturated rings. The van der Waals surface area contributed by atoms with E-state index < -0.39 is 18.1 Å². The Hall–Kier alpha value is -0.790. The van der Waals surface area contributed by atoms with Crippen molar-refractivity contribution in [1.29, 1.82) is 0 Å². The molecular formula is C10H15N3O3S. The molecule has 1 spiro atoms. The van der Waals surface area contributed by atoms with Gasteiger partial charge in [0, 0.05) is 0 Å². The number of nitrogens with two attached hydrogens (primary N) is 1. The van der Waals surface area contributed by atoms with Crippen molar-refractivity contribution in [3.8, 4) is 0 Å².